The zero-order valence-corrected chi connectivity index (χ0v) is 10.8. The average molecular weight is 248 g/mol. The summed E-state index contributed by atoms with van der Waals surface area (Å²) in [6, 6.07) is 7.70. The maximum atomic E-state index is 12.3. The topological polar surface area (TPSA) is 55.6 Å². The highest BCUT2D eigenvalue weighted by molar-refractivity contribution is 5.94. The summed E-state index contributed by atoms with van der Waals surface area (Å²) in [6.07, 6.45) is 2.01. The van der Waals surface area contributed by atoms with Crippen LogP contribution in [-0.2, 0) is 11.3 Å². The van der Waals surface area contributed by atoms with E-state index < -0.39 is 0 Å². The predicted molar refractivity (Wildman–Crippen MR) is 70.3 cm³/mol. The number of hydrogen-bond donors (Lipinski definition) is 1. The van der Waals surface area contributed by atoms with Crippen molar-refractivity contribution in [3.8, 4) is 0 Å². The fraction of sp³-hybridized carbons (Fsp3) is 0.500. The van der Waals surface area contributed by atoms with Crippen LogP contribution < -0.4 is 5.73 Å². The number of carbonyl (C=O) groups is 1. The molecular weight excluding hydrogens is 228 g/mol. The van der Waals surface area contributed by atoms with E-state index in [-0.39, 0.29) is 11.9 Å². The standard InChI is InChI=1S/C14H20N2O2/c1-18-10-11-4-6-12(7-5-11)14(17)16-8-2-3-13(15)9-16/h4-7,13H,2-3,8-10,15H2,1H3. The molecule has 18 heavy (non-hydrogen) atoms. The molecule has 0 spiro atoms. The molecule has 0 aromatic heterocycles. The molecule has 1 unspecified atom stereocenters. The van der Waals surface area contributed by atoms with Gasteiger partial charge in [-0.3, -0.25) is 4.79 Å². The Morgan fingerprint density at radius 1 is 1.44 bits per heavy atom. The SMILES string of the molecule is COCc1ccc(C(=O)N2CCCC(N)C2)cc1. The number of piperidine rings is 1. The van der Waals surface area contributed by atoms with Gasteiger partial charge in [-0.2, -0.15) is 0 Å². The van der Waals surface area contributed by atoms with E-state index in [4.69, 9.17) is 10.5 Å². The molecule has 1 amide bonds. The van der Waals surface area contributed by atoms with Gasteiger partial charge < -0.3 is 15.4 Å². The lowest BCUT2D eigenvalue weighted by Crippen LogP contribution is -2.45. The van der Waals surface area contributed by atoms with E-state index in [2.05, 4.69) is 0 Å². The van der Waals surface area contributed by atoms with Gasteiger partial charge in [0.25, 0.3) is 5.91 Å². The Balaban J connectivity index is 2.03. The molecule has 1 heterocycles. The molecule has 0 saturated carbocycles. The summed E-state index contributed by atoms with van der Waals surface area (Å²) < 4.78 is 5.05. The fourth-order valence-electron chi connectivity index (χ4n) is 2.29. The first-order chi connectivity index (χ1) is 8.70. The third-order valence-electron chi connectivity index (χ3n) is 3.26. The Morgan fingerprint density at radius 3 is 2.78 bits per heavy atom. The number of methoxy groups -OCH3 is 1. The minimum atomic E-state index is 0.0779. The summed E-state index contributed by atoms with van der Waals surface area (Å²) in [4.78, 5) is 14.1. The monoisotopic (exact) mass is 248 g/mol. The molecular formula is C14H20N2O2. The molecule has 4 nitrogen and oxygen atoms in total. The van der Waals surface area contributed by atoms with Gasteiger partial charge >= 0.3 is 0 Å². The lowest BCUT2D eigenvalue weighted by Gasteiger charge is -2.30. The lowest BCUT2D eigenvalue weighted by molar-refractivity contribution is 0.0708. The molecule has 0 radical (unpaired) electrons. The van der Waals surface area contributed by atoms with Gasteiger partial charge in [-0.1, -0.05) is 12.1 Å². The number of rotatable bonds is 3. The molecule has 1 aromatic rings. The molecule has 1 aromatic carbocycles. The normalized spacial score (nSPS) is 19.9. The van der Waals surface area contributed by atoms with E-state index in [1.807, 2.05) is 29.2 Å². The van der Waals surface area contributed by atoms with Crippen LogP contribution in [-0.4, -0.2) is 37.0 Å². The largest absolute Gasteiger partial charge is 0.380 e. The second-order valence-electron chi connectivity index (χ2n) is 4.78. The fourth-order valence-corrected chi connectivity index (χ4v) is 2.29. The Labute approximate surface area is 108 Å². The van der Waals surface area contributed by atoms with Crippen molar-refractivity contribution in [3.63, 3.8) is 0 Å². The minimum Gasteiger partial charge on any atom is -0.380 e. The van der Waals surface area contributed by atoms with Gasteiger partial charge in [0.15, 0.2) is 0 Å². The second kappa shape index (κ2) is 5.98. The van der Waals surface area contributed by atoms with Crippen molar-refractivity contribution in [2.24, 2.45) is 5.73 Å². The number of carbonyl (C=O) groups excluding carboxylic acids is 1. The van der Waals surface area contributed by atoms with Crippen molar-refractivity contribution >= 4 is 5.91 Å². The van der Waals surface area contributed by atoms with Gasteiger partial charge in [0.1, 0.15) is 0 Å². The highest BCUT2D eigenvalue weighted by Crippen LogP contribution is 2.13. The predicted octanol–water partition coefficient (Wildman–Crippen LogP) is 1.40. The first-order valence-electron chi connectivity index (χ1n) is 6.33. The van der Waals surface area contributed by atoms with Crippen molar-refractivity contribution in [2.45, 2.75) is 25.5 Å². The summed E-state index contributed by atoms with van der Waals surface area (Å²) in [6.45, 7) is 2.05. The van der Waals surface area contributed by atoms with Crippen LogP contribution in [0.4, 0.5) is 0 Å². The van der Waals surface area contributed by atoms with E-state index in [9.17, 15) is 4.79 Å². The molecule has 1 aliphatic rings. The van der Waals surface area contributed by atoms with E-state index in [0.29, 0.717) is 13.2 Å². The summed E-state index contributed by atoms with van der Waals surface area (Å²) in [5, 5.41) is 0. The molecule has 0 aliphatic carbocycles. The Hall–Kier alpha value is -1.39. The molecule has 4 heteroatoms. The van der Waals surface area contributed by atoms with Gasteiger partial charge in [-0.25, -0.2) is 0 Å². The van der Waals surface area contributed by atoms with Gasteiger partial charge in [-0.05, 0) is 30.5 Å². The summed E-state index contributed by atoms with van der Waals surface area (Å²) in [7, 11) is 1.66. The van der Waals surface area contributed by atoms with Gasteiger partial charge in [0.05, 0.1) is 6.61 Å². The van der Waals surface area contributed by atoms with E-state index >= 15 is 0 Å². The summed E-state index contributed by atoms with van der Waals surface area (Å²) in [5.41, 5.74) is 7.69. The zero-order valence-electron chi connectivity index (χ0n) is 10.8. The number of benzene rings is 1. The molecule has 2 N–H and O–H groups in total. The Bertz CT molecular complexity index is 403. The number of amides is 1. The zero-order chi connectivity index (χ0) is 13.0. The first kappa shape index (κ1) is 13.1. The van der Waals surface area contributed by atoms with Crippen LogP contribution in [0.3, 0.4) is 0 Å². The van der Waals surface area contributed by atoms with Crippen molar-refractivity contribution in [2.75, 3.05) is 20.2 Å². The van der Waals surface area contributed by atoms with Gasteiger partial charge in [0, 0.05) is 31.8 Å². The summed E-state index contributed by atoms with van der Waals surface area (Å²) >= 11 is 0. The molecule has 0 bridgehead atoms. The van der Waals surface area contributed by atoms with Crippen molar-refractivity contribution in [1.29, 1.82) is 0 Å². The third-order valence-corrected chi connectivity index (χ3v) is 3.26. The smallest absolute Gasteiger partial charge is 0.253 e. The Kier molecular flexibility index (Phi) is 4.33. The second-order valence-corrected chi connectivity index (χ2v) is 4.78. The van der Waals surface area contributed by atoms with Crippen LogP contribution >= 0.6 is 0 Å². The average Bonchev–Trinajstić information content (AvgIpc) is 2.39. The maximum absolute atomic E-state index is 12.3. The molecule has 1 saturated heterocycles. The number of ether oxygens (including phenoxy) is 1. The molecule has 1 aliphatic heterocycles. The van der Waals surface area contributed by atoms with Crippen molar-refractivity contribution < 1.29 is 9.53 Å². The quantitative estimate of drug-likeness (QED) is 0.879. The highest BCUT2D eigenvalue weighted by atomic mass is 16.5. The van der Waals surface area contributed by atoms with E-state index in [0.717, 1.165) is 30.5 Å². The van der Waals surface area contributed by atoms with Crippen LogP contribution in [0.1, 0.15) is 28.8 Å². The lowest BCUT2D eigenvalue weighted by atomic mass is 10.0. The minimum absolute atomic E-state index is 0.0779. The van der Waals surface area contributed by atoms with Crippen LogP contribution in [0.15, 0.2) is 24.3 Å². The van der Waals surface area contributed by atoms with Crippen LogP contribution in [0.25, 0.3) is 0 Å². The molecule has 1 atom stereocenters. The highest BCUT2D eigenvalue weighted by Gasteiger charge is 2.21. The Morgan fingerprint density at radius 2 is 2.17 bits per heavy atom. The molecule has 1 fully saturated rings. The number of nitrogens with zero attached hydrogens (tertiary/aromatic N) is 1. The van der Waals surface area contributed by atoms with Crippen molar-refractivity contribution in [3.05, 3.63) is 35.4 Å². The number of likely N-dealkylation sites (tertiary alicyclic amines) is 1. The van der Waals surface area contributed by atoms with E-state index in [1.165, 1.54) is 0 Å². The summed E-state index contributed by atoms with van der Waals surface area (Å²) in [5.74, 6) is 0.0779. The van der Waals surface area contributed by atoms with Crippen LogP contribution in [0, 0.1) is 0 Å². The van der Waals surface area contributed by atoms with Crippen LogP contribution in [0.2, 0.25) is 0 Å². The first-order valence-corrected chi connectivity index (χ1v) is 6.33. The number of nitrogens with two attached hydrogens (primary N) is 1. The van der Waals surface area contributed by atoms with Gasteiger partial charge in [0.2, 0.25) is 0 Å². The van der Waals surface area contributed by atoms with Gasteiger partial charge in [-0.15, -0.1) is 0 Å². The van der Waals surface area contributed by atoms with E-state index in [1.54, 1.807) is 7.11 Å². The molecule has 98 valence electrons. The maximum Gasteiger partial charge on any atom is 0.253 e. The van der Waals surface area contributed by atoms with Crippen LogP contribution in [0.5, 0.6) is 0 Å². The number of hydrogen-bond acceptors (Lipinski definition) is 3. The van der Waals surface area contributed by atoms with Crippen molar-refractivity contribution in [1.82, 2.24) is 4.90 Å². The third kappa shape index (κ3) is 3.09. The molecule has 2 rings (SSSR count).